The Hall–Kier alpha value is -4.66. The number of nitrogens with one attached hydrogen (secondary N) is 1. The highest BCUT2D eigenvalue weighted by Crippen LogP contribution is 2.35. The van der Waals surface area contributed by atoms with Gasteiger partial charge in [0.1, 0.15) is 11.5 Å². The number of nitrogens with zero attached hydrogens (tertiary/aromatic N) is 1. The van der Waals surface area contributed by atoms with Gasteiger partial charge in [-0.05, 0) is 55.5 Å². The number of carbonyl (C=O) groups excluding carboxylic acids is 3. The van der Waals surface area contributed by atoms with Gasteiger partial charge in [0.25, 0.3) is 17.7 Å². The van der Waals surface area contributed by atoms with Crippen LogP contribution in [0.4, 0.5) is 11.4 Å². The maximum Gasteiger partial charge on any atom is 0.337 e. The van der Waals surface area contributed by atoms with Crippen LogP contribution in [0.1, 0.15) is 48.4 Å². The lowest BCUT2D eigenvalue weighted by atomic mass is 10.0. The van der Waals surface area contributed by atoms with Gasteiger partial charge in [-0.3, -0.25) is 14.4 Å². The van der Waals surface area contributed by atoms with Crippen LogP contribution in [0, 0.1) is 0 Å². The molecule has 1 heterocycles. The molecule has 4 rings (SSSR count). The molecule has 0 saturated heterocycles. The lowest BCUT2D eigenvalue weighted by Gasteiger charge is -2.17. The van der Waals surface area contributed by atoms with E-state index in [-0.39, 0.29) is 33.7 Å². The van der Waals surface area contributed by atoms with Gasteiger partial charge in [0.2, 0.25) is 0 Å². The molecular formula is C24H18N2O7. The number of phenols is 1. The van der Waals surface area contributed by atoms with Crippen LogP contribution >= 0.6 is 0 Å². The molecule has 1 aliphatic heterocycles. The molecule has 0 radical (unpaired) electrons. The summed E-state index contributed by atoms with van der Waals surface area (Å²) in [5.41, 5.74) is 0.211. The van der Waals surface area contributed by atoms with Crippen molar-refractivity contribution in [2.75, 3.05) is 16.8 Å². The molecule has 166 valence electrons. The number of imide groups is 1. The van der Waals surface area contributed by atoms with Crippen molar-refractivity contribution in [3.8, 4) is 11.5 Å². The minimum atomic E-state index is -1.33. The molecule has 9 heteroatoms. The number of amides is 3. The van der Waals surface area contributed by atoms with Crippen molar-refractivity contribution in [3.05, 3.63) is 82.9 Å². The van der Waals surface area contributed by atoms with E-state index in [4.69, 9.17) is 4.74 Å². The summed E-state index contributed by atoms with van der Waals surface area (Å²) in [5.74, 6) is -3.05. The quantitative estimate of drug-likeness (QED) is 0.390. The molecule has 0 fully saturated rings. The zero-order valence-electron chi connectivity index (χ0n) is 17.4. The molecule has 9 nitrogen and oxygen atoms in total. The van der Waals surface area contributed by atoms with Gasteiger partial charge in [-0.15, -0.1) is 0 Å². The van der Waals surface area contributed by atoms with Crippen LogP contribution in [-0.2, 0) is 0 Å². The molecule has 3 N–H and O–H groups in total. The second kappa shape index (κ2) is 8.46. The van der Waals surface area contributed by atoms with E-state index in [1.165, 1.54) is 30.3 Å². The number of aromatic hydroxyl groups is 1. The average molecular weight is 446 g/mol. The topological polar surface area (TPSA) is 133 Å². The monoisotopic (exact) mass is 446 g/mol. The average Bonchev–Trinajstić information content (AvgIpc) is 3.05. The van der Waals surface area contributed by atoms with Crippen molar-refractivity contribution < 1.29 is 34.1 Å². The van der Waals surface area contributed by atoms with Crippen molar-refractivity contribution in [2.45, 2.75) is 6.92 Å². The number of phenolic OH excluding ortho intramolecular Hbond substituents is 1. The van der Waals surface area contributed by atoms with Crippen LogP contribution in [-0.4, -0.2) is 40.5 Å². The maximum absolute atomic E-state index is 13.1. The molecule has 3 aromatic rings. The van der Waals surface area contributed by atoms with Crippen molar-refractivity contribution in [1.82, 2.24) is 0 Å². The fourth-order valence-electron chi connectivity index (χ4n) is 3.53. The highest BCUT2D eigenvalue weighted by molar-refractivity contribution is 6.35. The van der Waals surface area contributed by atoms with Crippen LogP contribution < -0.4 is 15.0 Å². The summed E-state index contributed by atoms with van der Waals surface area (Å²) in [4.78, 5) is 51.2. The van der Waals surface area contributed by atoms with Gasteiger partial charge < -0.3 is 20.3 Å². The Balaban J connectivity index is 1.65. The Morgan fingerprint density at radius 3 is 2.42 bits per heavy atom. The number of carboxylic acids is 1. The van der Waals surface area contributed by atoms with E-state index >= 15 is 0 Å². The van der Waals surface area contributed by atoms with Gasteiger partial charge >= 0.3 is 5.97 Å². The van der Waals surface area contributed by atoms with Crippen molar-refractivity contribution in [2.24, 2.45) is 0 Å². The number of hydrogen-bond donors (Lipinski definition) is 3. The smallest absolute Gasteiger partial charge is 0.337 e. The Kier molecular flexibility index (Phi) is 5.53. The molecule has 0 atom stereocenters. The first-order valence-corrected chi connectivity index (χ1v) is 9.94. The predicted octanol–water partition coefficient (Wildman–Crippen LogP) is 3.54. The van der Waals surface area contributed by atoms with Gasteiger partial charge in [0, 0.05) is 5.56 Å². The molecule has 0 aromatic heterocycles. The van der Waals surface area contributed by atoms with Gasteiger partial charge in [0.15, 0.2) is 0 Å². The van der Waals surface area contributed by atoms with Gasteiger partial charge in [0.05, 0.1) is 34.7 Å². The predicted molar refractivity (Wildman–Crippen MR) is 118 cm³/mol. The number of para-hydroxylation sites is 2. The SMILES string of the molecule is CCOc1ccccc1N1C(=O)c2ccc(C(=O)Nc3ccc(O)cc3C(=O)O)cc2C1=O. The molecule has 0 saturated carbocycles. The summed E-state index contributed by atoms with van der Waals surface area (Å²) >= 11 is 0. The lowest BCUT2D eigenvalue weighted by Crippen LogP contribution is -2.29. The minimum Gasteiger partial charge on any atom is -0.508 e. The molecule has 0 unspecified atom stereocenters. The zero-order chi connectivity index (χ0) is 23.7. The van der Waals surface area contributed by atoms with E-state index in [2.05, 4.69) is 5.32 Å². The van der Waals surface area contributed by atoms with E-state index in [9.17, 15) is 29.4 Å². The largest absolute Gasteiger partial charge is 0.508 e. The normalized spacial score (nSPS) is 12.5. The van der Waals surface area contributed by atoms with Gasteiger partial charge in [-0.2, -0.15) is 0 Å². The number of fused-ring (bicyclic) bond motifs is 1. The van der Waals surface area contributed by atoms with Gasteiger partial charge in [-0.25, -0.2) is 9.69 Å². The summed E-state index contributed by atoms with van der Waals surface area (Å²) in [6, 6.07) is 14.2. The third-order valence-corrected chi connectivity index (χ3v) is 5.04. The molecule has 1 aliphatic rings. The van der Waals surface area contributed by atoms with Crippen LogP contribution in [0.15, 0.2) is 60.7 Å². The summed E-state index contributed by atoms with van der Waals surface area (Å²) in [7, 11) is 0. The van der Waals surface area contributed by atoms with Crippen molar-refractivity contribution >= 4 is 35.1 Å². The Labute approximate surface area is 187 Å². The summed E-state index contributed by atoms with van der Waals surface area (Å²) < 4.78 is 5.54. The molecule has 33 heavy (non-hydrogen) atoms. The number of anilines is 2. The standard InChI is InChI=1S/C24H18N2O7/c1-2-33-20-6-4-3-5-19(20)26-22(29)15-9-7-13(11-16(15)23(26)30)21(28)25-18-10-8-14(27)12-17(18)24(31)32/h3-12,27H,2H2,1H3,(H,25,28)(H,31,32). The van der Waals surface area contributed by atoms with E-state index in [1.807, 2.05) is 0 Å². The number of ether oxygens (including phenoxy) is 1. The highest BCUT2D eigenvalue weighted by Gasteiger charge is 2.38. The third kappa shape index (κ3) is 3.87. The van der Waals surface area contributed by atoms with Crippen LogP contribution in [0.3, 0.4) is 0 Å². The minimum absolute atomic E-state index is 0.0273. The van der Waals surface area contributed by atoms with Crippen LogP contribution in [0.2, 0.25) is 0 Å². The lowest BCUT2D eigenvalue weighted by molar-refractivity contribution is 0.0697. The Morgan fingerprint density at radius 2 is 1.70 bits per heavy atom. The first-order valence-electron chi connectivity index (χ1n) is 9.94. The maximum atomic E-state index is 13.1. The molecule has 0 spiro atoms. The third-order valence-electron chi connectivity index (χ3n) is 5.04. The second-order valence-electron chi connectivity index (χ2n) is 7.10. The fraction of sp³-hybridized carbons (Fsp3) is 0.0833. The fourth-order valence-corrected chi connectivity index (χ4v) is 3.53. The Morgan fingerprint density at radius 1 is 0.970 bits per heavy atom. The molecule has 3 aromatic carbocycles. The van der Waals surface area contributed by atoms with Crippen LogP contribution in [0.5, 0.6) is 11.5 Å². The van der Waals surface area contributed by atoms with E-state index in [0.717, 1.165) is 11.0 Å². The van der Waals surface area contributed by atoms with Crippen LogP contribution in [0.25, 0.3) is 0 Å². The van der Waals surface area contributed by atoms with E-state index in [1.54, 1.807) is 31.2 Å². The van der Waals surface area contributed by atoms with E-state index < -0.39 is 23.7 Å². The Bertz CT molecular complexity index is 1320. The first kappa shape index (κ1) is 21.6. The number of aromatic carboxylic acids is 1. The van der Waals surface area contributed by atoms with E-state index in [0.29, 0.717) is 18.0 Å². The summed E-state index contributed by atoms with van der Waals surface area (Å²) in [5, 5.41) is 21.3. The molecule has 0 aliphatic carbocycles. The first-order chi connectivity index (χ1) is 15.8. The number of carbonyl (C=O) groups is 4. The van der Waals surface area contributed by atoms with Crippen molar-refractivity contribution in [1.29, 1.82) is 0 Å². The number of carboxylic acid groups (broad SMARTS) is 1. The van der Waals surface area contributed by atoms with Gasteiger partial charge in [-0.1, -0.05) is 12.1 Å². The number of benzene rings is 3. The summed E-state index contributed by atoms with van der Waals surface area (Å²) in [6.07, 6.45) is 0. The molecule has 0 bridgehead atoms. The molecular weight excluding hydrogens is 428 g/mol. The van der Waals surface area contributed by atoms with Crippen molar-refractivity contribution in [3.63, 3.8) is 0 Å². The number of hydrogen-bond acceptors (Lipinski definition) is 6. The zero-order valence-corrected chi connectivity index (χ0v) is 17.4. The second-order valence-corrected chi connectivity index (χ2v) is 7.10. The molecule has 3 amide bonds. The number of rotatable bonds is 6. The highest BCUT2D eigenvalue weighted by atomic mass is 16.5. The summed E-state index contributed by atoms with van der Waals surface area (Å²) in [6.45, 7) is 2.13.